The number of carboxylic acids is 1. The van der Waals surface area contributed by atoms with Crippen molar-refractivity contribution in [3.05, 3.63) is 89.2 Å². The molecule has 8 heteroatoms. The van der Waals surface area contributed by atoms with Gasteiger partial charge < -0.3 is 20.2 Å². The lowest BCUT2D eigenvalue weighted by Crippen LogP contribution is -2.43. The smallest absolute Gasteiger partial charge is 0.335 e. The molecule has 0 saturated carbocycles. The van der Waals surface area contributed by atoms with Crippen LogP contribution in [-0.4, -0.2) is 72.0 Å². The molecule has 36 heavy (non-hydrogen) atoms. The zero-order chi connectivity index (χ0) is 25.2. The van der Waals surface area contributed by atoms with Gasteiger partial charge in [0, 0.05) is 57.2 Å². The Balaban J connectivity index is 1.55. The molecule has 8 nitrogen and oxygen atoms in total. The number of aromatic carboxylic acids is 1. The largest absolute Gasteiger partial charge is 0.478 e. The van der Waals surface area contributed by atoms with Gasteiger partial charge in [0.15, 0.2) is 0 Å². The number of fused-ring (bicyclic) bond motifs is 1. The number of piperazine rings is 1. The van der Waals surface area contributed by atoms with Gasteiger partial charge in [-0.25, -0.2) is 4.79 Å². The van der Waals surface area contributed by atoms with Gasteiger partial charge in [0.1, 0.15) is 0 Å². The molecule has 0 aliphatic carbocycles. The number of likely N-dealkylation sites (N-methyl/N-ethyl adjacent to an activating group) is 2. The summed E-state index contributed by atoms with van der Waals surface area (Å²) in [5.74, 6) is -1.25. The maximum absolute atomic E-state index is 13.4. The Bertz CT molecular complexity index is 1330. The van der Waals surface area contributed by atoms with Crippen LogP contribution >= 0.6 is 0 Å². The van der Waals surface area contributed by atoms with E-state index in [4.69, 9.17) is 0 Å². The van der Waals surface area contributed by atoms with E-state index in [-0.39, 0.29) is 11.5 Å². The molecule has 5 rings (SSSR count). The number of pyridine rings is 1. The Kier molecular flexibility index (Phi) is 6.54. The average molecular weight is 484 g/mol. The molecule has 2 aliphatic rings. The van der Waals surface area contributed by atoms with Crippen LogP contribution in [0.2, 0.25) is 0 Å². The van der Waals surface area contributed by atoms with Crippen LogP contribution in [0.1, 0.15) is 27.2 Å². The Morgan fingerprint density at radius 2 is 1.81 bits per heavy atom. The number of amides is 1. The summed E-state index contributed by atoms with van der Waals surface area (Å²) in [6.45, 7) is 5.02. The fourth-order valence-electron chi connectivity index (χ4n) is 4.72. The third kappa shape index (κ3) is 4.73. The standard InChI is InChI=1S/C28H29N5O3/c1-31-12-14-33(15-13-31)18-19-6-5-7-21(16-19)30-26(23-8-3-4-11-29-23)25-22-17-20(28(35)36)9-10-24(22)32(2)27(25)34/h3-11,16-17,30H,12-15,18H2,1-2H3,(H,35,36). The van der Waals surface area contributed by atoms with Crippen molar-refractivity contribution < 1.29 is 14.7 Å². The number of nitrogens with one attached hydrogen (secondary N) is 1. The van der Waals surface area contributed by atoms with Gasteiger partial charge in [0.2, 0.25) is 0 Å². The van der Waals surface area contributed by atoms with Gasteiger partial charge >= 0.3 is 5.97 Å². The number of anilines is 2. The van der Waals surface area contributed by atoms with Gasteiger partial charge in [-0.1, -0.05) is 18.2 Å². The number of carbonyl (C=O) groups excluding carboxylic acids is 1. The number of hydrogen-bond donors (Lipinski definition) is 2. The highest BCUT2D eigenvalue weighted by atomic mass is 16.4. The summed E-state index contributed by atoms with van der Waals surface area (Å²) >= 11 is 0. The summed E-state index contributed by atoms with van der Waals surface area (Å²) in [6.07, 6.45) is 1.68. The maximum Gasteiger partial charge on any atom is 0.335 e. The summed E-state index contributed by atoms with van der Waals surface area (Å²) in [5.41, 5.74) is 4.94. The van der Waals surface area contributed by atoms with Crippen molar-refractivity contribution in [2.45, 2.75) is 6.54 Å². The van der Waals surface area contributed by atoms with E-state index in [0.29, 0.717) is 28.2 Å². The minimum atomic E-state index is -1.04. The molecule has 3 aromatic rings. The third-order valence-corrected chi connectivity index (χ3v) is 6.76. The van der Waals surface area contributed by atoms with Crippen LogP contribution in [0, 0.1) is 0 Å². The summed E-state index contributed by atoms with van der Waals surface area (Å²) in [6, 6.07) is 18.5. The van der Waals surface area contributed by atoms with E-state index in [1.807, 2.05) is 30.3 Å². The topological polar surface area (TPSA) is 89.0 Å². The summed E-state index contributed by atoms with van der Waals surface area (Å²) < 4.78 is 0. The number of aromatic nitrogens is 1. The predicted octanol–water partition coefficient (Wildman–Crippen LogP) is 3.48. The zero-order valence-electron chi connectivity index (χ0n) is 20.4. The molecular formula is C28H29N5O3. The van der Waals surface area contributed by atoms with Crippen molar-refractivity contribution in [1.29, 1.82) is 0 Å². The van der Waals surface area contributed by atoms with E-state index in [9.17, 15) is 14.7 Å². The molecule has 1 aromatic heterocycles. The molecule has 0 spiro atoms. The molecule has 0 bridgehead atoms. The molecule has 1 fully saturated rings. The van der Waals surface area contributed by atoms with Crippen molar-refractivity contribution in [3.8, 4) is 0 Å². The predicted molar refractivity (Wildman–Crippen MR) is 141 cm³/mol. The van der Waals surface area contributed by atoms with Crippen LogP contribution in [0.5, 0.6) is 0 Å². The first kappa shape index (κ1) is 23.7. The third-order valence-electron chi connectivity index (χ3n) is 6.76. The second-order valence-corrected chi connectivity index (χ2v) is 9.27. The van der Waals surface area contributed by atoms with Crippen LogP contribution in [0.3, 0.4) is 0 Å². The van der Waals surface area contributed by atoms with Gasteiger partial charge in [0.25, 0.3) is 5.91 Å². The highest BCUT2D eigenvalue weighted by Gasteiger charge is 2.34. The minimum absolute atomic E-state index is 0.129. The molecule has 0 radical (unpaired) electrons. The lowest BCUT2D eigenvalue weighted by molar-refractivity contribution is -0.112. The zero-order valence-corrected chi connectivity index (χ0v) is 20.4. The first-order chi connectivity index (χ1) is 17.4. The molecule has 2 aliphatic heterocycles. The summed E-state index contributed by atoms with van der Waals surface area (Å²) in [4.78, 5) is 36.0. The van der Waals surface area contributed by atoms with Gasteiger partial charge in [-0.2, -0.15) is 0 Å². The molecular weight excluding hydrogens is 454 g/mol. The summed E-state index contributed by atoms with van der Waals surface area (Å²) in [7, 11) is 3.84. The molecule has 184 valence electrons. The number of carbonyl (C=O) groups is 2. The maximum atomic E-state index is 13.4. The molecule has 2 aromatic carbocycles. The molecule has 1 amide bonds. The Labute approximate surface area is 210 Å². The van der Waals surface area contributed by atoms with E-state index in [2.05, 4.69) is 39.3 Å². The van der Waals surface area contributed by atoms with E-state index in [0.717, 1.165) is 38.4 Å². The second kappa shape index (κ2) is 9.93. The van der Waals surface area contributed by atoms with Crippen molar-refractivity contribution >= 4 is 34.5 Å². The average Bonchev–Trinajstić information content (AvgIpc) is 3.14. The monoisotopic (exact) mass is 483 g/mol. The first-order valence-corrected chi connectivity index (χ1v) is 12.0. The number of benzene rings is 2. The number of carboxylic acid groups (broad SMARTS) is 1. The fraction of sp³-hybridized carbons (Fsp3) is 0.250. The lowest BCUT2D eigenvalue weighted by atomic mass is 10.00. The van der Waals surface area contributed by atoms with Crippen molar-refractivity contribution in [2.24, 2.45) is 0 Å². The van der Waals surface area contributed by atoms with Crippen LogP contribution in [0.15, 0.2) is 66.9 Å². The van der Waals surface area contributed by atoms with Crippen molar-refractivity contribution in [1.82, 2.24) is 14.8 Å². The SMILES string of the molecule is CN1CCN(Cc2cccc(NC(=C3C(=O)N(C)c4ccc(C(=O)O)cc43)c3ccccn3)c2)CC1. The van der Waals surface area contributed by atoms with Crippen LogP contribution in [-0.2, 0) is 11.3 Å². The van der Waals surface area contributed by atoms with Gasteiger partial charge in [-0.05, 0) is 55.1 Å². The van der Waals surface area contributed by atoms with Crippen LogP contribution < -0.4 is 10.2 Å². The number of rotatable bonds is 6. The molecule has 2 N–H and O–H groups in total. The minimum Gasteiger partial charge on any atom is -0.478 e. The van der Waals surface area contributed by atoms with E-state index < -0.39 is 5.97 Å². The van der Waals surface area contributed by atoms with Crippen LogP contribution in [0.25, 0.3) is 11.3 Å². The van der Waals surface area contributed by atoms with Crippen LogP contribution in [0.4, 0.5) is 11.4 Å². The number of nitrogens with zero attached hydrogens (tertiary/aromatic N) is 4. The van der Waals surface area contributed by atoms with E-state index >= 15 is 0 Å². The van der Waals surface area contributed by atoms with Gasteiger partial charge in [0.05, 0.1) is 28.2 Å². The Hall–Kier alpha value is -4.01. The highest BCUT2D eigenvalue weighted by molar-refractivity contribution is 6.38. The molecule has 1 saturated heterocycles. The van der Waals surface area contributed by atoms with Crippen molar-refractivity contribution in [2.75, 3.05) is 50.5 Å². The first-order valence-electron chi connectivity index (χ1n) is 12.0. The number of hydrogen-bond acceptors (Lipinski definition) is 6. The fourth-order valence-corrected chi connectivity index (χ4v) is 4.72. The normalized spacial score (nSPS) is 17.7. The molecule has 3 heterocycles. The van der Waals surface area contributed by atoms with E-state index in [1.165, 1.54) is 11.6 Å². The lowest BCUT2D eigenvalue weighted by Gasteiger charge is -2.32. The summed E-state index contributed by atoms with van der Waals surface area (Å²) in [5, 5.41) is 13.0. The Morgan fingerprint density at radius 1 is 1.00 bits per heavy atom. The van der Waals surface area contributed by atoms with Crippen molar-refractivity contribution in [3.63, 3.8) is 0 Å². The molecule has 0 atom stereocenters. The van der Waals surface area contributed by atoms with Gasteiger partial charge in [-0.15, -0.1) is 0 Å². The quantitative estimate of drug-likeness (QED) is 0.519. The second-order valence-electron chi connectivity index (χ2n) is 9.27. The van der Waals surface area contributed by atoms with E-state index in [1.54, 1.807) is 30.3 Å². The Morgan fingerprint density at radius 3 is 2.53 bits per heavy atom. The molecule has 0 unspecified atom stereocenters. The van der Waals surface area contributed by atoms with Gasteiger partial charge in [-0.3, -0.25) is 14.7 Å². The highest BCUT2D eigenvalue weighted by Crippen LogP contribution is 2.40.